The van der Waals surface area contributed by atoms with Gasteiger partial charge in [-0.05, 0) is 44.8 Å². The Balaban J connectivity index is 1.70. The molecular formula is C20H24Br2N2O4S. The number of hydrogen-bond acceptors (Lipinski definition) is 7. The van der Waals surface area contributed by atoms with Crippen molar-refractivity contribution in [3.8, 4) is 0 Å². The van der Waals surface area contributed by atoms with E-state index in [1.807, 2.05) is 43.3 Å². The number of nitrogens with zero attached hydrogens (tertiary/aromatic N) is 1. The van der Waals surface area contributed by atoms with Crippen LogP contribution in [0, 0.1) is 0 Å². The van der Waals surface area contributed by atoms with E-state index in [2.05, 4.69) is 36.8 Å². The van der Waals surface area contributed by atoms with E-state index in [1.54, 1.807) is 13.3 Å². The average molecular weight is 548 g/mol. The van der Waals surface area contributed by atoms with Crippen molar-refractivity contribution in [3.63, 3.8) is 0 Å². The van der Waals surface area contributed by atoms with Crippen LogP contribution in [-0.4, -0.2) is 49.0 Å². The van der Waals surface area contributed by atoms with Gasteiger partial charge in [-0.1, -0.05) is 42.1 Å². The van der Waals surface area contributed by atoms with Crippen LogP contribution in [0.15, 0.2) is 56.6 Å². The van der Waals surface area contributed by atoms with Gasteiger partial charge in [0.1, 0.15) is 22.2 Å². The Hall–Kier alpha value is -0.520. The van der Waals surface area contributed by atoms with E-state index in [0.29, 0.717) is 13.2 Å². The lowest BCUT2D eigenvalue weighted by Crippen LogP contribution is -2.45. The first-order valence-electron chi connectivity index (χ1n) is 9.19. The Morgan fingerprint density at radius 2 is 2.07 bits per heavy atom. The zero-order chi connectivity index (χ0) is 20.8. The van der Waals surface area contributed by atoms with Gasteiger partial charge < -0.3 is 24.7 Å². The van der Waals surface area contributed by atoms with Crippen molar-refractivity contribution in [1.82, 2.24) is 4.98 Å². The van der Waals surface area contributed by atoms with Gasteiger partial charge in [-0.15, -0.1) is 0 Å². The van der Waals surface area contributed by atoms with Crippen LogP contribution in [0.4, 0.5) is 0 Å². The molecule has 6 nitrogen and oxygen atoms in total. The van der Waals surface area contributed by atoms with Crippen LogP contribution in [0.5, 0.6) is 0 Å². The molecular weight excluding hydrogens is 524 g/mol. The molecule has 2 heterocycles. The van der Waals surface area contributed by atoms with Crippen LogP contribution < -0.4 is 5.73 Å². The predicted molar refractivity (Wildman–Crippen MR) is 120 cm³/mol. The van der Waals surface area contributed by atoms with E-state index in [0.717, 1.165) is 19.5 Å². The van der Waals surface area contributed by atoms with Gasteiger partial charge in [0.25, 0.3) is 0 Å². The summed E-state index contributed by atoms with van der Waals surface area (Å²) in [6, 6.07) is 11.9. The third kappa shape index (κ3) is 6.24. The first-order chi connectivity index (χ1) is 14.0. The quantitative estimate of drug-likeness (QED) is 0.296. The lowest BCUT2D eigenvalue weighted by atomic mass is 10.1. The highest BCUT2D eigenvalue weighted by atomic mass is 79.9. The van der Waals surface area contributed by atoms with Gasteiger partial charge >= 0.3 is 0 Å². The smallest absolute Gasteiger partial charge is 0.184 e. The second-order valence-electron chi connectivity index (χ2n) is 6.53. The maximum absolute atomic E-state index is 6.37. The molecule has 1 aliphatic rings. The van der Waals surface area contributed by atoms with Crippen LogP contribution in [0.2, 0.25) is 0 Å². The van der Waals surface area contributed by atoms with Gasteiger partial charge in [-0.25, -0.2) is 4.98 Å². The molecule has 1 fully saturated rings. The second-order valence-corrected chi connectivity index (χ2v) is 9.34. The molecule has 0 amide bonds. The molecule has 1 aromatic heterocycles. The van der Waals surface area contributed by atoms with Gasteiger partial charge in [0.15, 0.2) is 6.29 Å². The fraction of sp³-hybridized carbons (Fsp3) is 0.450. The minimum absolute atomic E-state index is 0.156. The first-order valence-corrected chi connectivity index (χ1v) is 11.7. The molecule has 3 rings (SSSR count). The summed E-state index contributed by atoms with van der Waals surface area (Å²) in [6.45, 7) is 2.73. The highest BCUT2D eigenvalue weighted by Gasteiger charge is 2.35. The Bertz CT molecular complexity index is 782. The fourth-order valence-electron chi connectivity index (χ4n) is 2.87. The standard InChI is InChI=1S/C20H24Br2N2O4S/c1-12-16(11-26-19(27-12)13-6-4-3-5-7-13)28-20(15(9-23)25-2)29-17-8-14(21)10-24-18(17)22/h3-8,10,12,15-16,19-20H,9,11,23H2,1-2H3/t12-,15+,16?,19?,20?/m1/s1. The van der Waals surface area contributed by atoms with Crippen LogP contribution in [0.25, 0.3) is 0 Å². The van der Waals surface area contributed by atoms with Crippen molar-refractivity contribution in [3.05, 3.63) is 57.2 Å². The Morgan fingerprint density at radius 1 is 1.31 bits per heavy atom. The molecule has 158 valence electrons. The maximum atomic E-state index is 6.37. The van der Waals surface area contributed by atoms with Gasteiger partial charge in [0.2, 0.25) is 0 Å². The number of pyridine rings is 1. The molecule has 0 radical (unpaired) electrons. The molecule has 1 aromatic carbocycles. The largest absolute Gasteiger partial charge is 0.376 e. The molecule has 2 aromatic rings. The molecule has 0 spiro atoms. The van der Waals surface area contributed by atoms with E-state index < -0.39 is 6.29 Å². The van der Waals surface area contributed by atoms with Gasteiger partial charge in [-0.3, -0.25) is 0 Å². The van der Waals surface area contributed by atoms with E-state index >= 15 is 0 Å². The summed E-state index contributed by atoms with van der Waals surface area (Å²) in [4.78, 5) is 5.24. The minimum Gasteiger partial charge on any atom is -0.376 e. The summed E-state index contributed by atoms with van der Waals surface area (Å²) in [5, 5.41) is 0. The summed E-state index contributed by atoms with van der Waals surface area (Å²) < 4.78 is 25.6. The number of thioether (sulfide) groups is 1. The van der Waals surface area contributed by atoms with Gasteiger partial charge in [0, 0.05) is 34.8 Å². The monoisotopic (exact) mass is 546 g/mol. The van der Waals surface area contributed by atoms with E-state index in [9.17, 15) is 0 Å². The predicted octanol–water partition coefficient (Wildman–Crippen LogP) is 4.52. The number of hydrogen-bond donors (Lipinski definition) is 1. The Morgan fingerprint density at radius 3 is 2.72 bits per heavy atom. The van der Waals surface area contributed by atoms with Crippen molar-refractivity contribution in [2.75, 3.05) is 20.3 Å². The van der Waals surface area contributed by atoms with Crippen LogP contribution >= 0.6 is 43.6 Å². The Kier molecular flexibility index (Phi) is 8.94. The van der Waals surface area contributed by atoms with Crippen molar-refractivity contribution in [2.45, 2.75) is 41.9 Å². The molecule has 3 unspecified atom stereocenters. The van der Waals surface area contributed by atoms with Crippen molar-refractivity contribution >= 4 is 43.6 Å². The molecule has 0 saturated carbocycles. The average Bonchev–Trinajstić information content (AvgIpc) is 2.73. The SMILES string of the molecule is CO[C@@H](CN)C(OC1COC(c2ccccc2)O[C@@H]1C)Sc1cc(Br)cnc1Br. The molecule has 9 heteroatoms. The van der Waals surface area contributed by atoms with Gasteiger partial charge in [0.05, 0.1) is 12.7 Å². The molecule has 29 heavy (non-hydrogen) atoms. The fourth-order valence-corrected chi connectivity index (χ4v) is 5.02. The van der Waals surface area contributed by atoms with Crippen molar-refractivity contribution in [2.24, 2.45) is 5.73 Å². The number of aromatic nitrogens is 1. The number of rotatable bonds is 8. The Labute approximate surface area is 192 Å². The molecule has 1 aliphatic heterocycles. The summed E-state index contributed by atoms with van der Waals surface area (Å²) >= 11 is 8.46. The third-order valence-electron chi connectivity index (χ3n) is 4.51. The zero-order valence-electron chi connectivity index (χ0n) is 16.2. The normalized spacial score (nSPS) is 24.2. The molecule has 5 atom stereocenters. The summed E-state index contributed by atoms with van der Waals surface area (Å²) in [5.74, 6) is 0. The molecule has 2 N–H and O–H groups in total. The first kappa shape index (κ1) is 23.1. The number of ether oxygens (including phenoxy) is 4. The topological polar surface area (TPSA) is 75.8 Å². The van der Waals surface area contributed by atoms with Crippen LogP contribution in [-0.2, 0) is 18.9 Å². The van der Waals surface area contributed by atoms with Crippen molar-refractivity contribution < 1.29 is 18.9 Å². The van der Waals surface area contributed by atoms with Crippen LogP contribution in [0.3, 0.4) is 0 Å². The van der Waals surface area contributed by atoms with Crippen molar-refractivity contribution in [1.29, 1.82) is 0 Å². The van der Waals surface area contributed by atoms with E-state index in [4.69, 9.17) is 24.7 Å². The molecule has 0 bridgehead atoms. The molecule has 1 saturated heterocycles. The number of methoxy groups -OCH3 is 1. The number of halogens is 2. The van der Waals surface area contributed by atoms with Gasteiger partial charge in [-0.2, -0.15) is 0 Å². The summed E-state index contributed by atoms with van der Waals surface area (Å²) in [5.41, 5.74) is 6.56. The van der Waals surface area contributed by atoms with E-state index in [1.165, 1.54) is 11.8 Å². The summed E-state index contributed by atoms with van der Waals surface area (Å²) in [7, 11) is 1.63. The maximum Gasteiger partial charge on any atom is 0.184 e. The van der Waals surface area contributed by atoms with E-state index in [-0.39, 0.29) is 23.7 Å². The van der Waals surface area contributed by atoms with Crippen LogP contribution in [0.1, 0.15) is 18.8 Å². The third-order valence-corrected chi connectivity index (χ3v) is 7.05. The second kappa shape index (κ2) is 11.2. The summed E-state index contributed by atoms with van der Waals surface area (Å²) in [6.07, 6.45) is 0.625. The number of nitrogens with two attached hydrogens (primary N) is 1. The highest BCUT2D eigenvalue weighted by Crippen LogP contribution is 2.36. The zero-order valence-corrected chi connectivity index (χ0v) is 20.2. The minimum atomic E-state index is -0.395. The lowest BCUT2D eigenvalue weighted by Gasteiger charge is -2.37. The molecule has 0 aliphatic carbocycles. The number of benzene rings is 1. The lowest BCUT2D eigenvalue weighted by molar-refractivity contribution is -0.266. The highest BCUT2D eigenvalue weighted by molar-refractivity contribution is 9.11.